The summed E-state index contributed by atoms with van der Waals surface area (Å²) >= 11 is 0. The second-order valence-corrected chi connectivity index (χ2v) is 2.78. The third-order valence-electron chi connectivity index (χ3n) is 1.90. The molecule has 2 aromatic rings. The molecule has 1 heterocycles. The van der Waals surface area contributed by atoms with Gasteiger partial charge < -0.3 is 9.63 Å². The third kappa shape index (κ3) is 1.16. The zero-order valence-corrected chi connectivity index (χ0v) is 6.94. The Kier molecular flexibility index (Phi) is 1.55. The van der Waals surface area contributed by atoms with Crippen LogP contribution in [0.5, 0.6) is 0 Å². The van der Waals surface area contributed by atoms with Gasteiger partial charge in [0.2, 0.25) is 0 Å². The van der Waals surface area contributed by atoms with Gasteiger partial charge in [-0.05, 0) is 25.1 Å². The van der Waals surface area contributed by atoms with Crippen LogP contribution < -0.4 is 0 Å². The fraction of sp³-hybridized carbons (Fsp3) is 0.111. The van der Waals surface area contributed by atoms with Crippen LogP contribution in [0.25, 0.3) is 11.0 Å². The molecule has 0 bridgehead atoms. The van der Waals surface area contributed by atoms with Gasteiger partial charge in [0.25, 0.3) is 0 Å². The Morgan fingerprint density at radius 1 is 1.54 bits per heavy atom. The van der Waals surface area contributed by atoms with Crippen LogP contribution >= 0.6 is 0 Å². The Bertz CT molecular complexity index is 473. The predicted molar refractivity (Wildman–Crippen MR) is 45.7 cm³/mol. The van der Waals surface area contributed by atoms with Crippen LogP contribution in [0.1, 0.15) is 16.1 Å². The normalized spacial score (nSPS) is 10.5. The van der Waals surface area contributed by atoms with E-state index in [0.717, 1.165) is 5.39 Å². The summed E-state index contributed by atoms with van der Waals surface area (Å²) in [6.07, 6.45) is 0. The van der Waals surface area contributed by atoms with Crippen LogP contribution in [0, 0.1) is 6.92 Å². The number of rotatable bonds is 1. The lowest BCUT2D eigenvalue weighted by Gasteiger charge is -1.92. The Hall–Kier alpha value is -1.84. The van der Waals surface area contributed by atoms with Gasteiger partial charge >= 0.3 is 5.97 Å². The van der Waals surface area contributed by atoms with E-state index >= 15 is 0 Å². The largest absolute Gasteiger partial charge is 0.478 e. The molecule has 4 heteroatoms. The summed E-state index contributed by atoms with van der Waals surface area (Å²) < 4.78 is 4.94. The average Bonchev–Trinajstić information content (AvgIpc) is 2.47. The number of aromatic nitrogens is 1. The first-order valence-corrected chi connectivity index (χ1v) is 3.78. The number of aromatic carboxylic acids is 1. The van der Waals surface area contributed by atoms with Gasteiger partial charge in [0, 0.05) is 5.39 Å². The van der Waals surface area contributed by atoms with E-state index in [4.69, 9.17) is 9.63 Å². The molecule has 0 spiro atoms. The Morgan fingerprint density at radius 3 is 3.00 bits per heavy atom. The van der Waals surface area contributed by atoms with Crippen LogP contribution in [-0.4, -0.2) is 16.2 Å². The lowest BCUT2D eigenvalue weighted by atomic mass is 10.1. The molecule has 4 nitrogen and oxygen atoms in total. The maximum atomic E-state index is 10.6. The first-order valence-electron chi connectivity index (χ1n) is 3.78. The highest BCUT2D eigenvalue weighted by molar-refractivity contribution is 5.93. The molecule has 0 unspecified atom stereocenters. The zero-order chi connectivity index (χ0) is 9.42. The highest BCUT2D eigenvalue weighted by atomic mass is 16.5. The summed E-state index contributed by atoms with van der Waals surface area (Å²) in [5, 5.41) is 13.2. The standard InChI is InChI=1S/C9H7NO3/c1-5-7-4-6(9(11)12)2-3-8(7)13-10-5/h2-4H,1H3,(H,11,12). The third-order valence-corrected chi connectivity index (χ3v) is 1.90. The molecule has 66 valence electrons. The van der Waals surface area contributed by atoms with Crippen molar-refractivity contribution in [3.8, 4) is 0 Å². The molecule has 0 saturated carbocycles. The maximum absolute atomic E-state index is 10.6. The Labute approximate surface area is 73.8 Å². The molecule has 1 aromatic carbocycles. The fourth-order valence-corrected chi connectivity index (χ4v) is 1.19. The average molecular weight is 177 g/mol. The number of hydrogen-bond acceptors (Lipinski definition) is 3. The van der Waals surface area contributed by atoms with E-state index in [2.05, 4.69) is 5.16 Å². The molecule has 0 atom stereocenters. The lowest BCUT2D eigenvalue weighted by Crippen LogP contribution is -1.94. The van der Waals surface area contributed by atoms with Crippen molar-refractivity contribution in [2.45, 2.75) is 6.92 Å². The van der Waals surface area contributed by atoms with Crippen molar-refractivity contribution < 1.29 is 14.4 Å². The van der Waals surface area contributed by atoms with Crippen molar-refractivity contribution >= 4 is 16.9 Å². The molecule has 0 aliphatic rings. The van der Waals surface area contributed by atoms with E-state index in [9.17, 15) is 4.79 Å². The minimum atomic E-state index is -0.942. The quantitative estimate of drug-likeness (QED) is 0.721. The van der Waals surface area contributed by atoms with E-state index in [1.54, 1.807) is 19.1 Å². The van der Waals surface area contributed by atoms with Crippen molar-refractivity contribution in [3.63, 3.8) is 0 Å². The highest BCUT2D eigenvalue weighted by Crippen LogP contribution is 2.18. The number of nitrogens with zero attached hydrogens (tertiary/aromatic N) is 1. The first-order chi connectivity index (χ1) is 6.18. The molecular formula is C9H7NO3. The Morgan fingerprint density at radius 2 is 2.31 bits per heavy atom. The number of fused-ring (bicyclic) bond motifs is 1. The van der Waals surface area contributed by atoms with Gasteiger partial charge in [-0.25, -0.2) is 4.79 Å². The molecule has 0 fully saturated rings. The smallest absolute Gasteiger partial charge is 0.335 e. The molecule has 0 amide bonds. The van der Waals surface area contributed by atoms with Gasteiger partial charge in [-0.15, -0.1) is 0 Å². The van der Waals surface area contributed by atoms with Crippen molar-refractivity contribution in [1.29, 1.82) is 0 Å². The zero-order valence-electron chi connectivity index (χ0n) is 6.94. The molecule has 0 aliphatic carbocycles. The van der Waals surface area contributed by atoms with Crippen molar-refractivity contribution in [2.24, 2.45) is 0 Å². The fourth-order valence-electron chi connectivity index (χ4n) is 1.19. The van der Waals surface area contributed by atoms with Gasteiger partial charge in [0.1, 0.15) is 0 Å². The van der Waals surface area contributed by atoms with Gasteiger partial charge in [-0.2, -0.15) is 0 Å². The molecule has 0 aliphatic heterocycles. The minimum absolute atomic E-state index is 0.249. The molecule has 2 rings (SSSR count). The number of carboxylic acid groups (broad SMARTS) is 1. The van der Waals surface area contributed by atoms with Gasteiger partial charge in [-0.3, -0.25) is 0 Å². The topological polar surface area (TPSA) is 63.3 Å². The minimum Gasteiger partial charge on any atom is -0.478 e. The van der Waals surface area contributed by atoms with Crippen molar-refractivity contribution in [2.75, 3.05) is 0 Å². The van der Waals surface area contributed by atoms with E-state index in [1.807, 2.05) is 0 Å². The van der Waals surface area contributed by atoms with Crippen LogP contribution in [0.4, 0.5) is 0 Å². The molecular weight excluding hydrogens is 170 g/mol. The summed E-state index contributed by atoms with van der Waals surface area (Å²) in [5.74, 6) is -0.942. The molecule has 1 aromatic heterocycles. The van der Waals surface area contributed by atoms with Gasteiger partial charge in [0.05, 0.1) is 11.3 Å². The second kappa shape index (κ2) is 2.58. The van der Waals surface area contributed by atoms with E-state index in [1.165, 1.54) is 6.07 Å². The number of carboxylic acids is 1. The second-order valence-electron chi connectivity index (χ2n) is 2.78. The van der Waals surface area contributed by atoms with E-state index < -0.39 is 5.97 Å². The Balaban J connectivity index is 2.72. The molecule has 13 heavy (non-hydrogen) atoms. The lowest BCUT2D eigenvalue weighted by molar-refractivity contribution is 0.0697. The van der Waals surface area contributed by atoms with Crippen molar-refractivity contribution in [1.82, 2.24) is 5.16 Å². The molecule has 1 N–H and O–H groups in total. The van der Waals surface area contributed by atoms with Gasteiger partial charge in [-0.1, -0.05) is 5.16 Å². The number of hydrogen-bond donors (Lipinski definition) is 1. The predicted octanol–water partition coefficient (Wildman–Crippen LogP) is 1.83. The number of benzene rings is 1. The van der Waals surface area contributed by atoms with Crippen LogP contribution in [-0.2, 0) is 0 Å². The van der Waals surface area contributed by atoms with Crippen molar-refractivity contribution in [3.05, 3.63) is 29.5 Å². The summed E-state index contributed by atoms with van der Waals surface area (Å²) in [4.78, 5) is 10.6. The monoisotopic (exact) mass is 177 g/mol. The highest BCUT2D eigenvalue weighted by Gasteiger charge is 2.08. The van der Waals surface area contributed by atoms with E-state index in [0.29, 0.717) is 11.3 Å². The summed E-state index contributed by atoms with van der Waals surface area (Å²) in [5.41, 5.74) is 1.57. The molecule has 0 saturated heterocycles. The van der Waals surface area contributed by atoms with Crippen LogP contribution in [0.2, 0.25) is 0 Å². The molecule has 0 radical (unpaired) electrons. The number of carbonyl (C=O) groups is 1. The summed E-state index contributed by atoms with van der Waals surface area (Å²) in [6.45, 7) is 1.78. The maximum Gasteiger partial charge on any atom is 0.335 e. The van der Waals surface area contributed by atoms with Crippen LogP contribution in [0.15, 0.2) is 22.7 Å². The van der Waals surface area contributed by atoms with Crippen LogP contribution in [0.3, 0.4) is 0 Å². The summed E-state index contributed by atoms with van der Waals surface area (Å²) in [7, 11) is 0. The number of aryl methyl sites for hydroxylation is 1. The SMILES string of the molecule is Cc1noc2ccc(C(=O)O)cc12. The summed E-state index contributed by atoms with van der Waals surface area (Å²) in [6, 6.07) is 4.66. The van der Waals surface area contributed by atoms with Gasteiger partial charge in [0.15, 0.2) is 5.58 Å². The first kappa shape index (κ1) is 7.79. The van der Waals surface area contributed by atoms with E-state index in [-0.39, 0.29) is 5.56 Å².